The topological polar surface area (TPSA) is 97.3 Å². The van der Waals surface area contributed by atoms with Crippen molar-refractivity contribution in [1.82, 2.24) is 24.9 Å². The van der Waals surface area contributed by atoms with Gasteiger partial charge in [0.25, 0.3) is 5.91 Å². The molecule has 174 valence electrons. The summed E-state index contributed by atoms with van der Waals surface area (Å²) in [6.07, 6.45) is 4.09. The second-order valence-electron chi connectivity index (χ2n) is 8.72. The molecule has 3 unspecified atom stereocenters. The largest absolute Gasteiger partial charge is 0.440 e. The van der Waals surface area contributed by atoms with Gasteiger partial charge >= 0.3 is 0 Å². The number of oxazole rings is 1. The van der Waals surface area contributed by atoms with Crippen LogP contribution in [0.3, 0.4) is 0 Å². The zero-order valence-electron chi connectivity index (χ0n) is 19.2. The van der Waals surface area contributed by atoms with E-state index in [2.05, 4.69) is 22.1 Å². The highest BCUT2D eigenvalue weighted by Gasteiger charge is 2.34. The Morgan fingerprint density at radius 2 is 1.76 bits per heavy atom. The first kappa shape index (κ1) is 22.0. The zero-order valence-corrected chi connectivity index (χ0v) is 19.2. The number of para-hydroxylation sites is 1. The van der Waals surface area contributed by atoms with Gasteiger partial charge in [-0.05, 0) is 38.8 Å². The average molecular weight is 458 g/mol. The van der Waals surface area contributed by atoms with Crippen LogP contribution < -0.4 is 0 Å². The Bertz CT molecular complexity index is 1270. The maximum absolute atomic E-state index is 13.7. The highest BCUT2D eigenvalue weighted by molar-refractivity contribution is 5.98. The summed E-state index contributed by atoms with van der Waals surface area (Å²) >= 11 is 0. The molecule has 1 aliphatic rings. The van der Waals surface area contributed by atoms with E-state index < -0.39 is 6.10 Å². The first-order chi connectivity index (χ1) is 16.5. The summed E-state index contributed by atoms with van der Waals surface area (Å²) in [6.45, 7) is 4.23. The van der Waals surface area contributed by atoms with E-state index in [1.54, 1.807) is 19.3 Å². The summed E-state index contributed by atoms with van der Waals surface area (Å²) in [4.78, 5) is 21.7. The van der Waals surface area contributed by atoms with Gasteiger partial charge in [0.2, 0.25) is 0 Å². The number of amides is 1. The normalized spacial score (nSPS) is 19.2. The summed E-state index contributed by atoms with van der Waals surface area (Å²) in [7, 11) is 0. The fourth-order valence-electron chi connectivity index (χ4n) is 4.52. The first-order valence-electron chi connectivity index (χ1n) is 11.5. The minimum absolute atomic E-state index is 0.0647. The monoisotopic (exact) mass is 457 g/mol. The van der Waals surface area contributed by atoms with Crippen LogP contribution in [-0.2, 0) is 0 Å². The molecular formula is C26H27N5O3. The standard InChI is InChI=1S/C26H27N5O3/c1-17-12-13-20(25-29-23(18(2)32)24(34-25)19-8-4-3-5-9-19)16-30(17)26(33)21-10-6-7-11-22(21)31-27-14-15-28-31/h3-11,14-15,17-18,20,32H,12-13,16H2,1-2H3. The highest BCUT2D eigenvalue weighted by atomic mass is 16.4. The summed E-state index contributed by atoms with van der Waals surface area (Å²) < 4.78 is 6.22. The van der Waals surface area contributed by atoms with E-state index in [1.165, 1.54) is 4.80 Å². The van der Waals surface area contributed by atoms with Crippen molar-refractivity contribution >= 4 is 5.91 Å². The molecule has 34 heavy (non-hydrogen) atoms. The van der Waals surface area contributed by atoms with E-state index in [9.17, 15) is 9.90 Å². The van der Waals surface area contributed by atoms with Crippen LogP contribution in [-0.4, -0.2) is 48.5 Å². The van der Waals surface area contributed by atoms with E-state index in [0.717, 1.165) is 18.4 Å². The summed E-state index contributed by atoms with van der Waals surface area (Å²) in [5, 5.41) is 18.7. The Kier molecular flexibility index (Phi) is 5.98. The summed E-state index contributed by atoms with van der Waals surface area (Å²) in [5.41, 5.74) is 2.58. The lowest BCUT2D eigenvalue weighted by Crippen LogP contribution is -2.45. The molecule has 3 atom stereocenters. The van der Waals surface area contributed by atoms with Crippen LogP contribution in [0, 0.1) is 0 Å². The Morgan fingerprint density at radius 3 is 2.50 bits per heavy atom. The van der Waals surface area contributed by atoms with Gasteiger partial charge in [-0.2, -0.15) is 15.0 Å². The highest BCUT2D eigenvalue weighted by Crippen LogP contribution is 2.36. The van der Waals surface area contributed by atoms with Gasteiger partial charge in [0.1, 0.15) is 5.69 Å². The lowest BCUT2D eigenvalue weighted by Gasteiger charge is -2.37. The molecule has 0 radical (unpaired) electrons. The quantitative estimate of drug-likeness (QED) is 0.478. The number of hydrogen-bond acceptors (Lipinski definition) is 6. The zero-order chi connectivity index (χ0) is 23.7. The summed E-state index contributed by atoms with van der Waals surface area (Å²) in [6, 6.07) is 17.1. The first-order valence-corrected chi connectivity index (χ1v) is 11.5. The lowest BCUT2D eigenvalue weighted by atomic mass is 9.92. The van der Waals surface area contributed by atoms with Crippen molar-refractivity contribution in [2.45, 2.75) is 44.8 Å². The molecule has 2 aromatic carbocycles. The molecule has 1 N–H and O–H groups in total. The third-order valence-electron chi connectivity index (χ3n) is 6.36. The van der Waals surface area contributed by atoms with Crippen molar-refractivity contribution in [2.24, 2.45) is 0 Å². The third kappa shape index (κ3) is 4.12. The van der Waals surface area contributed by atoms with Gasteiger partial charge in [-0.3, -0.25) is 4.79 Å². The van der Waals surface area contributed by atoms with E-state index in [1.807, 2.05) is 59.5 Å². The minimum Gasteiger partial charge on any atom is -0.440 e. The average Bonchev–Trinajstić information content (AvgIpc) is 3.55. The Labute approximate surface area is 197 Å². The van der Waals surface area contributed by atoms with E-state index in [-0.39, 0.29) is 17.9 Å². The predicted octanol–water partition coefficient (Wildman–Crippen LogP) is 4.38. The van der Waals surface area contributed by atoms with Gasteiger partial charge in [0.15, 0.2) is 11.7 Å². The van der Waals surface area contributed by atoms with Gasteiger partial charge in [-0.1, -0.05) is 42.5 Å². The van der Waals surface area contributed by atoms with E-state index in [4.69, 9.17) is 4.42 Å². The van der Waals surface area contributed by atoms with Crippen LogP contribution in [0.15, 0.2) is 71.4 Å². The number of carbonyl (C=O) groups is 1. The molecule has 2 aromatic heterocycles. The maximum atomic E-state index is 13.7. The number of rotatable bonds is 5. The van der Waals surface area contributed by atoms with Crippen LogP contribution >= 0.6 is 0 Å². The number of nitrogens with zero attached hydrogens (tertiary/aromatic N) is 5. The molecule has 1 aliphatic heterocycles. The van der Waals surface area contributed by atoms with E-state index in [0.29, 0.717) is 35.1 Å². The number of aliphatic hydroxyl groups is 1. The predicted molar refractivity (Wildman–Crippen MR) is 126 cm³/mol. The van der Waals surface area contributed by atoms with Gasteiger partial charge < -0.3 is 14.4 Å². The number of hydrogen-bond donors (Lipinski definition) is 1. The van der Waals surface area contributed by atoms with Crippen LogP contribution in [0.1, 0.15) is 60.7 Å². The lowest BCUT2D eigenvalue weighted by molar-refractivity contribution is 0.0597. The minimum atomic E-state index is -0.763. The SMILES string of the molecule is CC(O)c1nc(C2CCC(C)N(C(=O)c3ccccc3-n3nccn3)C2)oc1-c1ccccc1. The molecule has 3 heterocycles. The van der Waals surface area contributed by atoms with Gasteiger partial charge in [0, 0.05) is 18.2 Å². The molecule has 1 saturated heterocycles. The van der Waals surface area contributed by atoms with Crippen LogP contribution in [0.25, 0.3) is 17.0 Å². The van der Waals surface area contributed by atoms with Crippen LogP contribution in [0.2, 0.25) is 0 Å². The molecule has 1 amide bonds. The number of aliphatic hydroxyl groups excluding tert-OH is 1. The Morgan fingerprint density at radius 1 is 1.06 bits per heavy atom. The van der Waals surface area contributed by atoms with Gasteiger partial charge in [0.05, 0.1) is 35.7 Å². The van der Waals surface area contributed by atoms with Crippen LogP contribution in [0.4, 0.5) is 0 Å². The Hall–Kier alpha value is -3.78. The molecule has 5 rings (SSSR count). The molecule has 0 aliphatic carbocycles. The number of carbonyl (C=O) groups excluding carboxylic acids is 1. The maximum Gasteiger partial charge on any atom is 0.256 e. The smallest absolute Gasteiger partial charge is 0.256 e. The molecule has 4 aromatic rings. The van der Waals surface area contributed by atoms with Crippen molar-refractivity contribution in [3.8, 4) is 17.0 Å². The fourth-order valence-corrected chi connectivity index (χ4v) is 4.52. The van der Waals surface area contributed by atoms with Crippen LogP contribution in [0.5, 0.6) is 0 Å². The van der Waals surface area contributed by atoms with Gasteiger partial charge in [-0.15, -0.1) is 0 Å². The van der Waals surface area contributed by atoms with Crippen molar-refractivity contribution in [2.75, 3.05) is 6.54 Å². The van der Waals surface area contributed by atoms with Crippen molar-refractivity contribution < 1.29 is 14.3 Å². The molecule has 0 spiro atoms. The molecule has 1 fully saturated rings. The van der Waals surface area contributed by atoms with Crippen molar-refractivity contribution in [1.29, 1.82) is 0 Å². The molecule has 0 bridgehead atoms. The van der Waals surface area contributed by atoms with E-state index >= 15 is 0 Å². The van der Waals surface area contributed by atoms with Crippen molar-refractivity contribution in [3.05, 3.63) is 84.1 Å². The molecule has 0 saturated carbocycles. The second kappa shape index (κ2) is 9.23. The Balaban J connectivity index is 1.45. The second-order valence-corrected chi connectivity index (χ2v) is 8.72. The third-order valence-corrected chi connectivity index (χ3v) is 6.36. The number of likely N-dealkylation sites (tertiary alicyclic amines) is 1. The number of benzene rings is 2. The molecule has 8 nitrogen and oxygen atoms in total. The number of piperidine rings is 1. The molecule has 8 heteroatoms. The molecular weight excluding hydrogens is 430 g/mol. The summed E-state index contributed by atoms with van der Waals surface area (Å²) in [5.74, 6) is 1.000. The number of aromatic nitrogens is 4. The van der Waals surface area contributed by atoms with Gasteiger partial charge in [-0.25, -0.2) is 4.98 Å². The fraction of sp³-hybridized carbons (Fsp3) is 0.308. The van der Waals surface area contributed by atoms with Crippen molar-refractivity contribution in [3.63, 3.8) is 0 Å².